The average Bonchev–Trinajstić information content (AvgIpc) is 3.12. The number of rotatable bonds is 9. The Labute approximate surface area is 116 Å². The number of esters is 1. The Bertz CT molecular complexity index is 370. The molecular formula is C16H22O3. The topological polar surface area (TPSA) is 38.8 Å². The fourth-order valence-corrected chi connectivity index (χ4v) is 2.06. The first-order chi connectivity index (χ1) is 9.27. The van der Waals surface area contributed by atoms with Gasteiger partial charge in [0.1, 0.15) is 6.11 Å². The van der Waals surface area contributed by atoms with Crippen molar-refractivity contribution in [1.29, 1.82) is 0 Å². The normalized spacial score (nSPS) is 20.0. The summed E-state index contributed by atoms with van der Waals surface area (Å²) in [7, 11) is 0. The summed E-state index contributed by atoms with van der Waals surface area (Å²) in [4.78, 5) is 11.3. The zero-order valence-corrected chi connectivity index (χ0v) is 11.6. The van der Waals surface area contributed by atoms with Crippen molar-refractivity contribution < 1.29 is 14.3 Å². The van der Waals surface area contributed by atoms with Crippen LogP contribution in [-0.4, -0.2) is 18.2 Å². The molecule has 1 saturated heterocycles. The van der Waals surface area contributed by atoms with E-state index in [0.717, 1.165) is 6.42 Å². The molecule has 1 fully saturated rings. The minimum absolute atomic E-state index is 0.0239. The zero-order chi connectivity index (χ0) is 13.9. The molecule has 0 spiro atoms. The minimum Gasteiger partial charge on any atom is -0.371 e. The quantitative estimate of drug-likeness (QED) is 0.277. The van der Waals surface area contributed by atoms with E-state index >= 15 is 0 Å². The van der Waals surface area contributed by atoms with Crippen LogP contribution in [0.15, 0.2) is 0 Å². The lowest BCUT2D eigenvalue weighted by molar-refractivity contribution is -0.137. The molecule has 0 aromatic rings. The van der Waals surface area contributed by atoms with Gasteiger partial charge in [0.15, 0.2) is 0 Å². The second-order valence-electron chi connectivity index (χ2n) is 4.82. The van der Waals surface area contributed by atoms with Gasteiger partial charge in [-0.2, -0.15) is 0 Å². The molecule has 3 heteroatoms. The van der Waals surface area contributed by atoms with Crippen molar-refractivity contribution >= 4 is 5.97 Å². The molecule has 0 amide bonds. The van der Waals surface area contributed by atoms with E-state index in [1.807, 2.05) is 0 Å². The first-order valence-electron chi connectivity index (χ1n) is 7.08. The predicted octanol–water partition coefficient (Wildman–Crippen LogP) is 3.03. The number of epoxide rings is 1. The molecule has 0 aromatic heterocycles. The van der Waals surface area contributed by atoms with Gasteiger partial charge in [-0.1, -0.05) is 45.4 Å². The smallest absolute Gasteiger partial charge is 0.322 e. The number of unbranched alkanes of at least 4 members (excludes halogenated alkanes) is 5. The molecule has 0 aromatic carbocycles. The largest absolute Gasteiger partial charge is 0.371 e. The zero-order valence-electron chi connectivity index (χ0n) is 11.6. The Hall–Kier alpha value is -1.45. The van der Waals surface area contributed by atoms with Crippen LogP contribution in [0.3, 0.4) is 0 Å². The molecule has 2 unspecified atom stereocenters. The van der Waals surface area contributed by atoms with Gasteiger partial charge in [-0.25, -0.2) is 0 Å². The maximum atomic E-state index is 11.3. The highest BCUT2D eigenvalue weighted by Crippen LogP contribution is 2.30. The summed E-state index contributed by atoms with van der Waals surface area (Å²) in [5, 5.41) is 0. The van der Waals surface area contributed by atoms with Gasteiger partial charge in [0, 0.05) is 5.92 Å². The minimum atomic E-state index is -0.363. The molecular weight excluding hydrogens is 240 g/mol. The number of ether oxygens (including phenoxy) is 2. The number of carbonyl (C=O) groups is 1. The SMILES string of the molecule is C#CC#COC(=O)CC1OC1CCCCCCCC. The third kappa shape index (κ3) is 7.54. The van der Waals surface area contributed by atoms with Gasteiger partial charge in [0.2, 0.25) is 0 Å². The summed E-state index contributed by atoms with van der Waals surface area (Å²) in [5.74, 6) is 3.95. The van der Waals surface area contributed by atoms with E-state index in [0.29, 0.717) is 0 Å². The summed E-state index contributed by atoms with van der Waals surface area (Å²) in [6.45, 7) is 2.22. The summed E-state index contributed by atoms with van der Waals surface area (Å²) in [6.07, 6.45) is 16.3. The maximum absolute atomic E-state index is 11.3. The van der Waals surface area contributed by atoms with Gasteiger partial charge in [-0.05, 0) is 12.3 Å². The monoisotopic (exact) mass is 262 g/mol. The molecule has 104 valence electrons. The molecule has 0 aliphatic carbocycles. The Balaban J connectivity index is 1.96. The van der Waals surface area contributed by atoms with Gasteiger partial charge in [0.05, 0.1) is 18.6 Å². The lowest BCUT2D eigenvalue weighted by Crippen LogP contribution is -2.06. The van der Waals surface area contributed by atoms with Crippen LogP contribution in [0.1, 0.15) is 58.3 Å². The van der Waals surface area contributed by atoms with Crippen molar-refractivity contribution in [3.8, 4) is 24.4 Å². The van der Waals surface area contributed by atoms with Crippen molar-refractivity contribution in [2.45, 2.75) is 70.5 Å². The maximum Gasteiger partial charge on any atom is 0.322 e. The first kappa shape index (κ1) is 15.6. The molecule has 2 atom stereocenters. The summed E-state index contributed by atoms with van der Waals surface area (Å²) >= 11 is 0. The van der Waals surface area contributed by atoms with Gasteiger partial charge in [-0.3, -0.25) is 4.79 Å². The van der Waals surface area contributed by atoms with E-state index in [1.54, 1.807) is 0 Å². The van der Waals surface area contributed by atoms with Crippen molar-refractivity contribution in [3.63, 3.8) is 0 Å². The fourth-order valence-electron chi connectivity index (χ4n) is 2.06. The van der Waals surface area contributed by atoms with Crippen molar-refractivity contribution in [1.82, 2.24) is 0 Å². The lowest BCUT2D eigenvalue weighted by atomic mass is 10.1. The van der Waals surface area contributed by atoms with Crippen LogP contribution < -0.4 is 0 Å². The van der Waals surface area contributed by atoms with Gasteiger partial charge in [-0.15, -0.1) is 6.42 Å². The highest BCUT2D eigenvalue weighted by Gasteiger charge is 2.39. The highest BCUT2D eigenvalue weighted by molar-refractivity contribution is 5.71. The van der Waals surface area contributed by atoms with Crippen LogP contribution in [0.4, 0.5) is 0 Å². The lowest BCUT2D eigenvalue weighted by Gasteiger charge is -1.98. The molecule has 0 N–H and O–H groups in total. The van der Waals surface area contributed by atoms with Crippen molar-refractivity contribution in [2.24, 2.45) is 0 Å². The molecule has 1 heterocycles. The Morgan fingerprint density at radius 2 is 1.95 bits per heavy atom. The van der Waals surface area contributed by atoms with E-state index in [4.69, 9.17) is 11.2 Å². The third-order valence-electron chi connectivity index (χ3n) is 3.19. The second kappa shape index (κ2) is 9.48. The average molecular weight is 262 g/mol. The van der Waals surface area contributed by atoms with Crippen LogP contribution in [0, 0.1) is 24.4 Å². The van der Waals surface area contributed by atoms with E-state index in [9.17, 15) is 4.79 Å². The van der Waals surface area contributed by atoms with Gasteiger partial charge >= 0.3 is 5.97 Å². The van der Waals surface area contributed by atoms with E-state index in [2.05, 4.69) is 29.6 Å². The fraction of sp³-hybridized carbons (Fsp3) is 0.688. The number of terminal acetylenes is 1. The summed E-state index contributed by atoms with van der Waals surface area (Å²) in [6, 6.07) is 0. The Morgan fingerprint density at radius 1 is 1.21 bits per heavy atom. The first-order valence-corrected chi connectivity index (χ1v) is 7.08. The van der Waals surface area contributed by atoms with E-state index < -0.39 is 0 Å². The number of carbonyl (C=O) groups excluding carboxylic acids is 1. The number of hydrogen-bond acceptors (Lipinski definition) is 3. The van der Waals surface area contributed by atoms with E-state index in [-0.39, 0.29) is 24.6 Å². The van der Waals surface area contributed by atoms with Crippen LogP contribution in [0.2, 0.25) is 0 Å². The van der Waals surface area contributed by atoms with Crippen LogP contribution in [0.25, 0.3) is 0 Å². The van der Waals surface area contributed by atoms with Gasteiger partial charge < -0.3 is 9.47 Å². The molecule has 3 nitrogen and oxygen atoms in total. The van der Waals surface area contributed by atoms with Gasteiger partial charge in [0.25, 0.3) is 0 Å². The summed E-state index contributed by atoms with van der Waals surface area (Å²) < 4.78 is 10.1. The Morgan fingerprint density at radius 3 is 2.68 bits per heavy atom. The molecule has 19 heavy (non-hydrogen) atoms. The summed E-state index contributed by atoms with van der Waals surface area (Å²) in [5.41, 5.74) is 0. The second-order valence-corrected chi connectivity index (χ2v) is 4.82. The molecule has 0 bridgehead atoms. The molecule has 1 aliphatic rings. The molecule has 0 radical (unpaired) electrons. The highest BCUT2D eigenvalue weighted by atomic mass is 16.6. The van der Waals surface area contributed by atoms with Crippen LogP contribution >= 0.6 is 0 Å². The molecule has 1 rings (SSSR count). The van der Waals surface area contributed by atoms with Crippen LogP contribution in [-0.2, 0) is 14.3 Å². The molecule has 1 aliphatic heterocycles. The Kier molecular flexibility index (Phi) is 7.78. The predicted molar refractivity (Wildman–Crippen MR) is 74.0 cm³/mol. The molecule has 0 saturated carbocycles. The third-order valence-corrected chi connectivity index (χ3v) is 3.19. The standard InChI is InChI=1S/C16H22O3/c1-3-5-7-8-9-10-11-14-15(19-14)13-16(17)18-12-6-4-2/h2,14-15H,3,5,7-11,13H2,1H3. The number of hydrogen-bond donors (Lipinski definition) is 0. The van der Waals surface area contributed by atoms with Crippen LogP contribution in [0.5, 0.6) is 0 Å². The van der Waals surface area contributed by atoms with E-state index in [1.165, 1.54) is 38.5 Å². The van der Waals surface area contributed by atoms with Crippen molar-refractivity contribution in [2.75, 3.05) is 0 Å². The van der Waals surface area contributed by atoms with Crippen molar-refractivity contribution in [3.05, 3.63) is 0 Å².